The first-order valence-electron chi connectivity index (χ1n) is 7.14. The van der Waals surface area contributed by atoms with Gasteiger partial charge < -0.3 is 4.74 Å². The van der Waals surface area contributed by atoms with E-state index in [0.29, 0.717) is 0 Å². The Labute approximate surface area is 137 Å². The molecule has 0 aliphatic rings. The molecule has 0 aliphatic carbocycles. The fraction of sp³-hybridized carbons (Fsp3) is 0.0556. The molecule has 4 rings (SSSR count). The predicted molar refractivity (Wildman–Crippen MR) is 92.6 cm³/mol. The quantitative estimate of drug-likeness (QED) is 0.560. The van der Waals surface area contributed by atoms with E-state index in [-0.39, 0.29) is 0 Å². The number of aromatic nitrogens is 3. The lowest BCUT2D eigenvalue weighted by Crippen LogP contribution is -1.86. The summed E-state index contributed by atoms with van der Waals surface area (Å²) in [6, 6.07) is 14.1. The van der Waals surface area contributed by atoms with E-state index in [4.69, 9.17) is 4.74 Å². The fourth-order valence-corrected chi connectivity index (χ4v) is 3.32. The Hall–Kier alpha value is -2.79. The molecule has 4 nitrogen and oxygen atoms in total. The predicted octanol–water partition coefficient (Wildman–Crippen LogP) is 4.43. The average Bonchev–Trinajstić information content (AvgIpc) is 3.11. The maximum absolute atomic E-state index is 5.22. The molecule has 23 heavy (non-hydrogen) atoms. The van der Waals surface area contributed by atoms with Gasteiger partial charge in [-0.2, -0.15) is 0 Å². The van der Waals surface area contributed by atoms with Crippen molar-refractivity contribution in [3.05, 3.63) is 60.4 Å². The van der Waals surface area contributed by atoms with Crippen molar-refractivity contribution in [1.82, 2.24) is 15.0 Å². The van der Waals surface area contributed by atoms with Crippen LogP contribution in [0.3, 0.4) is 0 Å². The first kappa shape index (κ1) is 13.8. The van der Waals surface area contributed by atoms with Gasteiger partial charge in [0, 0.05) is 18.0 Å². The highest BCUT2D eigenvalue weighted by molar-refractivity contribution is 7.13. The van der Waals surface area contributed by atoms with Crippen molar-refractivity contribution in [2.24, 2.45) is 0 Å². The lowest BCUT2D eigenvalue weighted by molar-refractivity contribution is 0.415. The monoisotopic (exact) mass is 319 g/mol. The number of methoxy groups -OCH3 is 1. The van der Waals surface area contributed by atoms with Gasteiger partial charge in [-0.3, -0.25) is 9.97 Å². The van der Waals surface area contributed by atoms with Crippen molar-refractivity contribution in [2.75, 3.05) is 7.11 Å². The van der Waals surface area contributed by atoms with Gasteiger partial charge in [-0.15, -0.1) is 11.3 Å². The molecule has 4 aromatic rings. The Kier molecular flexibility index (Phi) is 3.48. The summed E-state index contributed by atoms with van der Waals surface area (Å²) in [6.07, 6.45) is 3.42. The number of hydrogen-bond acceptors (Lipinski definition) is 5. The molecule has 5 heteroatoms. The Morgan fingerprint density at radius 2 is 1.57 bits per heavy atom. The fourth-order valence-electron chi connectivity index (χ4n) is 2.51. The van der Waals surface area contributed by atoms with Gasteiger partial charge in [0.05, 0.1) is 34.2 Å². The van der Waals surface area contributed by atoms with Gasteiger partial charge in [0.15, 0.2) is 0 Å². The average molecular weight is 319 g/mol. The SMILES string of the molecule is COc1ccc(-c2ncsc2-c2ccc3nccnc3c2)cc1. The molecule has 0 saturated heterocycles. The summed E-state index contributed by atoms with van der Waals surface area (Å²) in [4.78, 5) is 14.4. The topological polar surface area (TPSA) is 47.9 Å². The summed E-state index contributed by atoms with van der Waals surface area (Å²) >= 11 is 1.63. The lowest BCUT2D eigenvalue weighted by Gasteiger charge is -2.05. The third-order valence-corrected chi connectivity index (χ3v) is 4.54. The van der Waals surface area contributed by atoms with Gasteiger partial charge in [0.2, 0.25) is 0 Å². The highest BCUT2D eigenvalue weighted by Gasteiger charge is 2.12. The van der Waals surface area contributed by atoms with Crippen LogP contribution in [0.1, 0.15) is 0 Å². The second kappa shape index (κ2) is 5.78. The van der Waals surface area contributed by atoms with Crippen LogP contribution in [0.15, 0.2) is 60.4 Å². The van der Waals surface area contributed by atoms with E-state index in [9.17, 15) is 0 Å². The molecule has 0 unspecified atom stereocenters. The summed E-state index contributed by atoms with van der Waals surface area (Å²) in [5.41, 5.74) is 6.80. The number of rotatable bonds is 3. The minimum absolute atomic E-state index is 0.839. The number of benzene rings is 2. The Morgan fingerprint density at radius 3 is 2.35 bits per heavy atom. The summed E-state index contributed by atoms with van der Waals surface area (Å²) in [7, 11) is 1.67. The zero-order valence-electron chi connectivity index (χ0n) is 12.4. The van der Waals surface area contributed by atoms with Crippen molar-refractivity contribution < 1.29 is 4.74 Å². The highest BCUT2D eigenvalue weighted by atomic mass is 32.1. The molecule has 0 atom stereocenters. The van der Waals surface area contributed by atoms with Gasteiger partial charge in [-0.05, 0) is 42.0 Å². The zero-order valence-corrected chi connectivity index (χ0v) is 13.2. The molecule has 2 aromatic carbocycles. The Bertz CT molecular complexity index is 963. The first-order valence-corrected chi connectivity index (χ1v) is 8.02. The molecule has 2 heterocycles. The smallest absolute Gasteiger partial charge is 0.118 e. The van der Waals surface area contributed by atoms with Crippen molar-refractivity contribution in [1.29, 1.82) is 0 Å². The van der Waals surface area contributed by atoms with Gasteiger partial charge in [0.25, 0.3) is 0 Å². The van der Waals surface area contributed by atoms with Crippen LogP contribution < -0.4 is 4.74 Å². The molecule has 0 bridgehead atoms. The molecule has 0 radical (unpaired) electrons. The van der Waals surface area contributed by atoms with Gasteiger partial charge in [0.1, 0.15) is 5.75 Å². The van der Waals surface area contributed by atoms with E-state index in [0.717, 1.165) is 38.5 Å². The molecule has 112 valence electrons. The molecule has 0 saturated carbocycles. The highest BCUT2D eigenvalue weighted by Crippen LogP contribution is 2.35. The van der Waals surface area contributed by atoms with Crippen LogP contribution in [0, 0.1) is 0 Å². The van der Waals surface area contributed by atoms with E-state index in [1.165, 1.54) is 0 Å². The van der Waals surface area contributed by atoms with Crippen molar-refractivity contribution in [3.8, 4) is 27.4 Å². The number of ether oxygens (including phenoxy) is 1. The molecular weight excluding hydrogens is 306 g/mol. The van der Waals surface area contributed by atoms with Crippen molar-refractivity contribution >= 4 is 22.4 Å². The van der Waals surface area contributed by atoms with E-state index in [1.54, 1.807) is 30.8 Å². The zero-order chi connectivity index (χ0) is 15.6. The minimum Gasteiger partial charge on any atom is -0.497 e. The van der Waals surface area contributed by atoms with Crippen LogP contribution in [0.2, 0.25) is 0 Å². The largest absolute Gasteiger partial charge is 0.497 e. The summed E-state index contributed by atoms with van der Waals surface area (Å²) in [6.45, 7) is 0. The van der Waals surface area contributed by atoms with Gasteiger partial charge >= 0.3 is 0 Å². The molecular formula is C18H13N3OS. The van der Waals surface area contributed by atoms with Crippen LogP contribution in [0.25, 0.3) is 32.7 Å². The van der Waals surface area contributed by atoms with Crippen LogP contribution >= 0.6 is 11.3 Å². The second-order valence-electron chi connectivity index (χ2n) is 5.02. The third-order valence-electron chi connectivity index (χ3n) is 3.66. The standard InChI is InChI=1S/C18H13N3OS/c1-22-14-5-2-12(3-6-14)17-18(23-11-21-17)13-4-7-15-16(10-13)20-9-8-19-15/h2-11H,1H3. The van der Waals surface area contributed by atoms with Gasteiger partial charge in [-0.25, -0.2) is 4.98 Å². The summed E-state index contributed by atoms with van der Waals surface area (Å²) < 4.78 is 5.22. The Morgan fingerprint density at radius 1 is 0.826 bits per heavy atom. The normalized spacial score (nSPS) is 10.8. The van der Waals surface area contributed by atoms with Crippen molar-refractivity contribution in [2.45, 2.75) is 0 Å². The van der Waals surface area contributed by atoms with Gasteiger partial charge in [-0.1, -0.05) is 6.07 Å². The summed E-state index contributed by atoms with van der Waals surface area (Å²) in [5, 5.41) is 0. The number of nitrogens with zero attached hydrogens (tertiary/aromatic N) is 3. The minimum atomic E-state index is 0.839. The molecule has 2 aromatic heterocycles. The van der Waals surface area contributed by atoms with Crippen LogP contribution in [-0.2, 0) is 0 Å². The molecule has 0 aliphatic heterocycles. The van der Waals surface area contributed by atoms with Crippen LogP contribution in [-0.4, -0.2) is 22.1 Å². The van der Waals surface area contributed by atoms with E-state index in [2.05, 4.69) is 27.1 Å². The molecule has 0 fully saturated rings. The molecule has 0 spiro atoms. The van der Waals surface area contributed by atoms with Crippen molar-refractivity contribution in [3.63, 3.8) is 0 Å². The van der Waals surface area contributed by atoms with E-state index >= 15 is 0 Å². The number of thiazole rings is 1. The first-order chi connectivity index (χ1) is 11.3. The second-order valence-corrected chi connectivity index (χ2v) is 5.87. The summed E-state index contributed by atoms with van der Waals surface area (Å²) in [5.74, 6) is 0.839. The van der Waals surface area contributed by atoms with E-state index < -0.39 is 0 Å². The Balaban J connectivity index is 1.81. The maximum atomic E-state index is 5.22. The van der Waals surface area contributed by atoms with Crippen LogP contribution in [0.4, 0.5) is 0 Å². The lowest BCUT2D eigenvalue weighted by atomic mass is 10.1. The number of hydrogen-bond donors (Lipinski definition) is 0. The molecule has 0 N–H and O–H groups in total. The maximum Gasteiger partial charge on any atom is 0.118 e. The number of fused-ring (bicyclic) bond motifs is 1. The van der Waals surface area contributed by atoms with Crippen LogP contribution in [0.5, 0.6) is 5.75 Å². The molecule has 0 amide bonds. The van der Waals surface area contributed by atoms with E-state index in [1.807, 2.05) is 35.8 Å². The third kappa shape index (κ3) is 2.55.